The molecule has 1 atom stereocenters. The summed E-state index contributed by atoms with van der Waals surface area (Å²) in [5.74, 6) is 0.939. The summed E-state index contributed by atoms with van der Waals surface area (Å²) in [6, 6.07) is 15.6. The molecule has 104 valence electrons. The molecule has 2 nitrogen and oxygen atoms in total. The maximum absolute atomic E-state index is 5.58. The van der Waals surface area contributed by atoms with E-state index in [0.717, 1.165) is 12.2 Å². The molecule has 0 spiro atoms. The van der Waals surface area contributed by atoms with Gasteiger partial charge >= 0.3 is 0 Å². The van der Waals surface area contributed by atoms with E-state index in [1.807, 2.05) is 13.0 Å². The Hall–Kier alpha value is -1.96. The zero-order chi connectivity index (χ0) is 13.9. The van der Waals surface area contributed by atoms with Gasteiger partial charge in [0.05, 0.1) is 6.61 Å². The van der Waals surface area contributed by atoms with Gasteiger partial charge in [-0.1, -0.05) is 18.2 Å². The van der Waals surface area contributed by atoms with Crippen molar-refractivity contribution in [1.82, 2.24) is 0 Å². The molecule has 1 aliphatic rings. The molecule has 3 rings (SSSR count). The third-order valence-electron chi connectivity index (χ3n) is 3.83. The maximum atomic E-state index is 5.58. The number of rotatable bonds is 3. The molecule has 2 aromatic carbocycles. The summed E-state index contributed by atoms with van der Waals surface area (Å²) in [6.45, 7) is 4.95. The predicted octanol–water partition coefficient (Wildman–Crippen LogP) is 4.50. The van der Waals surface area contributed by atoms with E-state index in [4.69, 9.17) is 4.74 Å². The van der Waals surface area contributed by atoms with Crippen molar-refractivity contribution < 1.29 is 4.74 Å². The van der Waals surface area contributed by atoms with Crippen LogP contribution in [0, 0.1) is 0 Å². The quantitative estimate of drug-likeness (QED) is 0.884. The number of fused-ring (bicyclic) bond motifs is 1. The van der Waals surface area contributed by atoms with Gasteiger partial charge in [0.25, 0.3) is 0 Å². The number of aryl methyl sites for hydroxylation is 1. The van der Waals surface area contributed by atoms with Crippen molar-refractivity contribution in [3.63, 3.8) is 0 Å². The number of anilines is 1. The van der Waals surface area contributed by atoms with Crippen LogP contribution < -0.4 is 10.1 Å². The van der Waals surface area contributed by atoms with Crippen molar-refractivity contribution in [1.29, 1.82) is 0 Å². The molecule has 0 aliphatic carbocycles. The highest BCUT2D eigenvalue weighted by Gasteiger charge is 2.14. The molecule has 0 saturated carbocycles. The van der Waals surface area contributed by atoms with Crippen molar-refractivity contribution in [3.8, 4) is 16.9 Å². The number of hydrogen-bond acceptors (Lipinski definition) is 2. The van der Waals surface area contributed by atoms with Crippen molar-refractivity contribution in [3.05, 3.63) is 48.0 Å². The van der Waals surface area contributed by atoms with Crippen LogP contribution in [0.2, 0.25) is 0 Å². The van der Waals surface area contributed by atoms with Gasteiger partial charge in [-0.15, -0.1) is 0 Å². The standard InChI is InChI=1S/C18H21NO/c1-3-20-17-6-4-5-14(12-17)15-9-10-18-16(11-15)8-7-13(2)19-18/h4-6,9-13,19H,3,7-8H2,1-2H3. The highest BCUT2D eigenvalue weighted by Crippen LogP contribution is 2.31. The van der Waals surface area contributed by atoms with Gasteiger partial charge in [-0.25, -0.2) is 0 Å². The summed E-state index contributed by atoms with van der Waals surface area (Å²) < 4.78 is 5.58. The van der Waals surface area contributed by atoms with Crippen LogP contribution in [-0.4, -0.2) is 12.6 Å². The lowest BCUT2D eigenvalue weighted by molar-refractivity contribution is 0.340. The molecular weight excluding hydrogens is 246 g/mol. The molecular formula is C18H21NO. The molecule has 0 saturated heterocycles. The molecule has 2 aromatic rings. The molecule has 1 unspecified atom stereocenters. The Morgan fingerprint density at radius 1 is 1.15 bits per heavy atom. The highest BCUT2D eigenvalue weighted by atomic mass is 16.5. The third kappa shape index (κ3) is 2.64. The van der Waals surface area contributed by atoms with Gasteiger partial charge in [-0.2, -0.15) is 0 Å². The minimum atomic E-state index is 0.578. The van der Waals surface area contributed by atoms with Gasteiger partial charge < -0.3 is 10.1 Å². The molecule has 2 heteroatoms. The van der Waals surface area contributed by atoms with Crippen LogP contribution in [-0.2, 0) is 6.42 Å². The van der Waals surface area contributed by atoms with E-state index in [9.17, 15) is 0 Å². The lowest BCUT2D eigenvalue weighted by Gasteiger charge is -2.24. The normalized spacial score (nSPS) is 17.2. The van der Waals surface area contributed by atoms with Gasteiger partial charge in [0.1, 0.15) is 5.75 Å². The van der Waals surface area contributed by atoms with E-state index in [-0.39, 0.29) is 0 Å². The zero-order valence-corrected chi connectivity index (χ0v) is 12.1. The largest absolute Gasteiger partial charge is 0.494 e. The molecule has 20 heavy (non-hydrogen) atoms. The first-order valence-electron chi connectivity index (χ1n) is 7.39. The average Bonchev–Trinajstić information content (AvgIpc) is 2.47. The van der Waals surface area contributed by atoms with Gasteiger partial charge in [-0.05, 0) is 67.6 Å². The summed E-state index contributed by atoms with van der Waals surface area (Å²) in [7, 11) is 0. The first-order chi connectivity index (χ1) is 9.76. The van der Waals surface area contributed by atoms with Crippen LogP contribution in [0.5, 0.6) is 5.75 Å². The number of ether oxygens (including phenoxy) is 1. The Balaban J connectivity index is 1.93. The predicted molar refractivity (Wildman–Crippen MR) is 84.5 cm³/mol. The first-order valence-corrected chi connectivity index (χ1v) is 7.39. The van der Waals surface area contributed by atoms with Crippen molar-refractivity contribution >= 4 is 5.69 Å². The minimum absolute atomic E-state index is 0.578. The zero-order valence-electron chi connectivity index (χ0n) is 12.1. The summed E-state index contributed by atoms with van der Waals surface area (Å²) in [5, 5.41) is 3.55. The number of nitrogens with one attached hydrogen (secondary N) is 1. The second-order valence-corrected chi connectivity index (χ2v) is 5.42. The Labute approximate surface area is 120 Å². The molecule has 0 bridgehead atoms. The van der Waals surface area contributed by atoms with Crippen LogP contribution in [0.25, 0.3) is 11.1 Å². The smallest absolute Gasteiger partial charge is 0.119 e. The van der Waals surface area contributed by atoms with Gasteiger partial charge in [0.15, 0.2) is 0 Å². The van der Waals surface area contributed by atoms with E-state index in [2.05, 4.69) is 48.6 Å². The molecule has 1 aliphatic heterocycles. The van der Waals surface area contributed by atoms with Gasteiger partial charge in [-0.3, -0.25) is 0 Å². The van der Waals surface area contributed by atoms with Gasteiger partial charge in [0.2, 0.25) is 0 Å². The summed E-state index contributed by atoms with van der Waals surface area (Å²) in [4.78, 5) is 0. The summed E-state index contributed by atoms with van der Waals surface area (Å²) in [6.07, 6.45) is 2.36. The molecule has 1 heterocycles. The monoisotopic (exact) mass is 267 g/mol. The van der Waals surface area contributed by atoms with E-state index in [1.54, 1.807) is 0 Å². The van der Waals surface area contributed by atoms with Crippen molar-refractivity contribution in [2.45, 2.75) is 32.7 Å². The van der Waals surface area contributed by atoms with Crippen LogP contribution >= 0.6 is 0 Å². The second-order valence-electron chi connectivity index (χ2n) is 5.42. The lowest BCUT2D eigenvalue weighted by Crippen LogP contribution is -2.21. The molecule has 0 aromatic heterocycles. The Morgan fingerprint density at radius 3 is 2.85 bits per heavy atom. The van der Waals surface area contributed by atoms with Crippen molar-refractivity contribution in [2.75, 3.05) is 11.9 Å². The first kappa shape index (κ1) is 13.0. The number of hydrogen-bond donors (Lipinski definition) is 1. The summed E-state index contributed by atoms with van der Waals surface area (Å²) in [5.41, 5.74) is 5.19. The van der Waals surface area contributed by atoms with E-state index in [1.165, 1.54) is 28.8 Å². The molecule has 0 amide bonds. The third-order valence-corrected chi connectivity index (χ3v) is 3.83. The number of benzene rings is 2. The molecule has 1 N–H and O–H groups in total. The maximum Gasteiger partial charge on any atom is 0.119 e. The van der Waals surface area contributed by atoms with Crippen LogP contribution in [0.15, 0.2) is 42.5 Å². The average molecular weight is 267 g/mol. The Bertz CT molecular complexity index is 606. The summed E-state index contributed by atoms with van der Waals surface area (Å²) >= 11 is 0. The molecule has 0 fully saturated rings. The van der Waals surface area contributed by atoms with Crippen LogP contribution in [0.4, 0.5) is 5.69 Å². The van der Waals surface area contributed by atoms with Crippen LogP contribution in [0.1, 0.15) is 25.8 Å². The molecule has 0 radical (unpaired) electrons. The van der Waals surface area contributed by atoms with E-state index >= 15 is 0 Å². The Kier molecular flexibility index (Phi) is 3.64. The SMILES string of the molecule is CCOc1cccc(-c2ccc3c(c2)CCC(C)N3)c1. The lowest BCUT2D eigenvalue weighted by atomic mass is 9.95. The highest BCUT2D eigenvalue weighted by molar-refractivity contribution is 5.70. The Morgan fingerprint density at radius 2 is 2.00 bits per heavy atom. The fraction of sp³-hybridized carbons (Fsp3) is 0.333. The van der Waals surface area contributed by atoms with E-state index in [0.29, 0.717) is 12.6 Å². The fourth-order valence-corrected chi connectivity index (χ4v) is 2.76. The van der Waals surface area contributed by atoms with Crippen molar-refractivity contribution in [2.24, 2.45) is 0 Å². The second kappa shape index (κ2) is 5.58. The van der Waals surface area contributed by atoms with Gasteiger partial charge in [0, 0.05) is 11.7 Å². The van der Waals surface area contributed by atoms with Crippen LogP contribution in [0.3, 0.4) is 0 Å². The topological polar surface area (TPSA) is 21.3 Å². The van der Waals surface area contributed by atoms with E-state index < -0.39 is 0 Å². The fourth-order valence-electron chi connectivity index (χ4n) is 2.76. The minimum Gasteiger partial charge on any atom is -0.494 e.